The molecule has 0 spiro atoms. The minimum Gasteiger partial charge on any atom is -0.327 e. The number of amidine groups is 1. The molecule has 2 aliphatic carbocycles. The van der Waals surface area contributed by atoms with Crippen molar-refractivity contribution in [2.75, 3.05) is 10.7 Å². The predicted molar refractivity (Wildman–Crippen MR) is 124 cm³/mol. The summed E-state index contributed by atoms with van der Waals surface area (Å²) in [6.45, 7) is 1.50. The normalized spacial score (nSPS) is 24.8. The quantitative estimate of drug-likeness (QED) is 0.510. The van der Waals surface area contributed by atoms with Crippen molar-refractivity contribution in [1.29, 1.82) is 0 Å². The van der Waals surface area contributed by atoms with Crippen molar-refractivity contribution < 1.29 is 18.0 Å². The fourth-order valence-corrected chi connectivity index (χ4v) is 6.49. The van der Waals surface area contributed by atoms with E-state index in [1.807, 2.05) is 0 Å². The summed E-state index contributed by atoms with van der Waals surface area (Å²) in [5, 5.41) is 1.02. The number of hydrogen-bond acceptors (Lipinski definition) is 3. The SMILES string of the molecule is CC(=O)N(c1ccc(C(F)(F)F)cc1)C1CSC(=NC2CCCCC2)N1C1CCCCC1. The van der Waals surface area contributed by atoms with Crippen LogP contribution in [0.25, 0.3) is 0 Å². The number of anilines is 1. The number of carbonyl (C=O) groups is 1. The van der Waals surface area contributed by atoms with E-state index < -0.39 is 11.7 Å². The van der Waals surface area contributed by atoms with Gasteiger partial charge >= 0.3 is 6.18 Å². The van der Waals surface area contributed by atoms with Crippen LogP contribution in [0.4, 0.5) is 18.9 Å². The molecule has 1 amide bonds. The van der Waals surface area contributed by atoms with Gasteiger partial charge in [-0.05, 0) is 49.9 Å². The van der Waals surface area contributed by atoms with Gasteiger partial charge < -0.3 is 4.90 Å². The topological polar surface area (TPSA) is 35.9 Å². The lowest BCUT2D eigenvalue weighted by molar-refractivity contribution is -0.137. The van der Waals surface area contributed by atoms with Crippen LogP contribution in [0.5, 0.6) is 0 Å². The van der Waals surface area contributed by atoms with E-state index in [9.17, 15) is 18.0 Å². The Balaban J connectivity index is 1.64. The van der Waals surface area contributed by atoms with Crippen molar-refractivity contribution in [2.45, 2.75) is 95.6 Å². The minimum absolute atomic E-state index is 0.157. The Morgan fingerprint density at radius 2 is 1.59 bits per heavy atom. The molecule has 2 saturated carbocycles. The lowest BCUT2D eigenvalue weighted by Crippen LogP contribution is -2.54. The third kappa shape index (κ3) is 5.26. The summed E-state index contributed by atoms with van der Waals surface area (Å²) in [5.74, 6) is 0.526. The van der Waals surface area contributed by atoms with E-state index in [-0.39, 0.29) is 12.1 Å². The van der Waals surface area contributed by atoms with Gasteiger partial charge in [-0.2, -0.15) is 13.2 Å². The zero-order chi connectivity index (χ0) is 22.7. The van der Waals surface area contributed by atoms with Gasteiger partial charge in [-0.25, -0.2) is 0 Å². The highest BCUT2D eigenvalue weighted by molar-refractivity contribution is 8.14. The summed E-state index contributed by atoms with van der Waals surface area (Å²) in [5.41, 5.74) is -0.190. The third-order valence-electron chi connectivity index (χ3n) is 6.85. The molecule has 8 heteroatoms. The standard InChI is InChI=1S/C24H32F3N3OS/c1-17(31)29(21-14-12-18(13-15-21)24(25,26)27)22-16-32-23(28-19-8-4-2-5-9-19)30(22)20-10-6-3-7-11-20/h12-15,19-20,22H,2-11,16H2,1H3. The molecule has 0 N–H and O–H groups in total. The first-order chi connectivity index (χ1) is 15.3. The second-order valence-electron chi connectivity index (χ2n) is 9.13. The molecule has 1 aromatic carbocycles. The smallest absolute Gasteiger partial charge is 0.327 e. The van der Waals surface area contributed by atoms with Crippen LogP contribution in [0.2, 0.25) is 0 Å². The van der Waals surface area contributed by atoms with Crippen molar-refractivity contribution >= 4 is 28.5 Å². The molecule has 4 rings (SSSR count). The Morgan fingerprint density at radius 3 is 2.16 bits per heavy atom. The zero-order valence-electron chi connectivity index (χ0n) is 18.6. The van der Waals surface area contributed by atoms with Crippen LogP contribution >= 0.6 is 11.8 Å². The molecule has 0 bridgehead atoms. The van der Waals surface area contributed by atoms with Gasteiger partial charge in [-0.1, -0.05) is 50.3 Å². The van der Waals surface area contributed by atoms with Crippen molar-refractivity contribution in [3.63, 3.8) is 0 Å². The van der Waals surface area contributed by atoms with Crippen LogP contribution in [0.15, 0.2) is 29.3 Å². The van der Waals surface area contributed by atoms with Gasteiger partial charge in [0.1, 0.15) is 6.17 Å². The number of rotatable bonds is 4. The molecular formula is C24H32F3N3OS. The number of benzene rings is 1. The van der Waals surface area contributed by atoms with Gasteiger partial charge in [0.2, 0.25) is 5.91 Å². The molecule has 1 heterocycles. The first-order valence-corrected chi connectivity index (χ1v) is 12.8. The predicted octanol–water partition coefficient (Wildman–Crippen LogP) is 6.45. The average molecular weight is 468 g/mol. The number of halogens is 3. The number of hydrogen-bond donors (Lipinski definition) is 0. The Morgan fingerprint density at radius 1 is 1.00 bits per heavy atom. The van der Waals surface area contributed by atoms with Gasteiger partial charge in [0.15, 0.2) is 5.17 Å². The fraction of sp³-hybridized carbons (Fsp3) is 0.667. The van der Waals surface area contributed by atoms with Crippen LogP contribution < -0.4 is 4.90 Å². The Bertz CT molecular complexity index is 815. The van der Waals surface area contributed by atoms with E-state index in [0.29, 0.717) is 23.5 Å². The molecule has 176 valence electrons. The summed E-state index contributed by atoms with van der Waals surface area (Å²) >= 11 is 1.70. The van der Waals surface area contributed by atoms with Gasteiger partial charge in [0, 0.05) is 24.4 Å². The maximum absolute atomic E-state index is 13.1. The van der Waals surface area contributed by atoms with Crippen molar-refractivity contribution in [2.24, 2.45) is 4.99 Å². The summed E-state index contributed by atoms with van der Waals surface area (Å²) in [4.78, 5) is 21.9. The molecule has 3 fully saturated rings. The fourth-order valence-electron chi connectivity index (χ4n) is 5.23. The van der Waals surface area contributed by atoms with Gasteiger partial charge in [-0.15, -0.1) is 0 Å². The van der Waals surface area contributed by atoms with Crippen molar-refractivity contribution in [3.05, 3.63) is 29.8 Å². The third-order valence-corrected chi connectivity index (χ3v) is 7.89. The summed E-state index contributed by atoms with van der Waals surface area (Å²) < 4.78 is 39.2. The molecule has 4 nitrogen and oxygen atoms in total. The molecule has 3 aliphatic rings. The minimum atomic E-state index is -4.39. The highest BCUT2D eigenvalue weighted by Gasteiger charge is 2.41. The van der Waals surface area contributed by atoms with Crippen molar-refractivity contribution in [1.82, 2.24) is 4.90 Å². The number of aliphatic imine (C=N–C) groups is 1. The van der Waals surface area contributed by atoms with Crippen LogP contribution in [0.3, 0.4) is 0 Å². The molecule has 0 aromatic heterocycles. The number of thioether (sulfide) groups is 1. The largest absolute Gasteiger partial charge is 0.416 e. The lowest BCUT2D eigenvalue weighted by Gasteiger charge is -2.41. The second-order valence-corrected chi connectivity index (χ2v) is 10.1. The molecule has 1 aliphatic heterocycles. The second kappa shape index (κ2) is 10.1. The number of alkyl halides is 3. The van der Waals surface area contributed by atoms with Crippen molar-refractivity contribution in [3.8, 4) is 0 Å². The maximum Gasteiger partial charge on any atom is 0.416 e. The summed E-state index contributed by atoms with van der Waals surface area (Å²) in [6, 6.07) is 5.63. The zero-order valence-corrected chi connectivity index (χ0v) is 19.4. The molecule has 1 aromatic rings. The molecule has 1 unspecified atom stereocenters. The van der Waals surface area contributed by atoms with Crippen LogP contribution in [0, 0.1) is 0 Å². The van der Waals surface area contributed by atoms with Crippen LogP contribution in [0.1, 0.15) is 76.7 Å². The first-order valence-electron chi connectivity index (χ1n) is 11.8. The Kier molecular flexibility index (Phi) is 7.37. The Hall–Kier alpha value is -1.70. The molecular weight excluding hydrogens is 435 g/mol. The summed E-state index contributed by atoms with van der Waals surface area (Å²) in [7, 11) is 0. The molecule has 0 radical (unpaired) electrons. The monoisotopic (exact) mass is 467 g/mol. The van der Waals surface area contributed by atoms with Crippen LogP contribution in [-0.2, 0) is 11.0 Å². The average Bonchev–Trinajstić information content (AvgIpc) is 3.17. The first kappa shape index (κ1) is 23.5. The molecule has 1 atom stereocenters. The van der Waals surface area contributed by atoms with E-state index in [1.165, 1.54) is 44.7 Å². The van der Waals surface area contributed by atoms with E-state index in [2.05, 4.69) is 4.90 Å². The van der Waals surface area contributed by atoms with Gasteiger partial charge in [0.25, 0.3) is 0 Å². The van der Waals surface area contributed by atoms with E-state index >= 15 is 0 Å². The number of carbonyl (C=O) groups excluding carboxylic acids is 1. The number of amides is 1. The van der Waals surface area contributed by atoms with E-state index in [4.69, 9.17) is 4.99 Å². The number of nitrogens with zero attached hydrogens (tertiary/aromatic N) is 3. The van der Waals surface area contributed by atoms with Gasteiger partial charge in [0.05, 0.1) is 11.6 Å². The maximum atomic E-state index is 13.1. The van der Waals surface area contributed by atoms with Gasteiger partial charge in [-0.3, -0.25) is 14.7 Å². The Labute approximate surface area is 192 Å². The summed E-state index contributed by atoms with van der Waals surface area (Å²) in [6.07, 6.45) is 7.00. The van der Waals surface area contributed by atoms with E-state index in [1.54, 1.807) is 16.7 Å². The lowest BCUT2D eigenvalue weighted by atomic mass is 9.94. The van der Waals surface area contributed by atoms with Crippen LogP contribution in [-0.4, -0.2) is 40.0 Å². The molecule has 32 heavy (non-hydrogen) atoms. The highest BCUT2D eigenvalue weighted by atomic mass is 32.2. The highest BCUT2D eigenvalue weighted by Crippen LogP contribution is 2.38. The van der Waals surface area contributed by atoms with E-state index in [0.717, 1.165) is 55.8 Å². The molecule has 1 saturated heterocycles.